The molecule has 0 atom stereocenters. The molecule has 0 fully saturated rings. The molecule has 0 heterocycles. The van der Waals surface area contributed by atoms with Gasteiger partial charge >= 0.3 is 0 Å². The van der Waals surface area contributed by atoms with Crippen molar-refractivity contribution in [1.29, 1.82) is 0 Å². The molecule has 0 saturated heterocycles. The number of rotatable bonds is 10. The number of anilines is 1. The van der Waals surface area contributed by atoms with Gasteiger partial charge in [0.25, 0.3) is 5.91 Å². The Kier molecular flexibility index (Phi) is 8.19. The maximum Gasteiger partial charge on any atom is 0.251 e. The van der Waals surface area contributed by atoms with Crippen LogP contribution in [0.5, 0.6) is 0 Å². The molecule has 0 aliphatic rings. The highest BCUT2D eigenvalue weighted by Gasteiger charge is 2.05. The van der Waals surface area contributed by atoms with E-state index < -0.39 is 0 Å². The third-order valence-corrected chi connectivity index (χ3v) is 4.09. The Hall–Kier alpha value is -2.82. The highest BCUT2D eigenvalue weighted by atomic mass is 16.2. The van der Waals surface area contributed by atoms with Gasteiger partial charge in [-0.2, -0.15) is 0 Å². The van der Waals surface area contributed by atoms with E-state index in [-0.39, 0.29) is 11.8 Å². The summed E-state index contributed by atoms with van der Waals surface area (Å²) in [4.78, 5) is 25.9. The molecule has 0 radical (unpaired) electrons. The molecule has 0 saturated carbocycles. The molecule has 0 aromatic heterocycles. The molecule has 2 aromatic carbocycles. The zero-order valence-electron chi connectivity index (χ0n) is 15.3. The second kappa shape index (κ2) is 10.9. The molecule has 0 bridgehead atoms. The standard InChI is InChI=1S/C21H27N3O2/c1-24(19-12-6-3-7-13-19)17-9-16-22-20(25)14-8-15-23-21(26)18-10-4-2-5-11-18/h2-7,10-13H,8-9,14-17H2,1H3,(H,22,25)(H,23,26). The molecule has 0 aliphatic heterocycles. The number of nitrogens with zero attached hydrogens (tertiary/aromatic N) is 1. The topological polar surface area (TPSA) is 61.4 Å². The normalized spacial score (nSPS) is 10.2. The summed E-state index contributed by atoms with van der Waals surface area (Å²) in [6, 6.07) is 19.3. The molecular weight excluding hydrogens is 326 g/mol. The van der Waals surface area contributed by atoms with Crippen LogP contribution in [0.2, 0.25) is 0 Å². The van der Waals surface area contributed by atoms with Crippen LogP contribution < -0.4 is 15.5 Å². The Morgan fingerprint density at radius 3 is 2.15 bits per heavy atom. The zero-order valence-corrected chi connectivity index (χ0v) is 15.3. The third kappa shape index (κ3) is 6.97. The fraction of sp³-hybridized carbons (Fsp3) is 0.333. The van der Waals surface area contributed by atoms with Crippen LogP contribution >= 0.6 is 0 Å². The number of para-hydroxylation sites is 1. The lowest BCUT2D eigenvalue weighted by atomic mass is 10.2. The van der Waals surface area contributed by atoms with Crippen molar-refractivity contribution in [3.63, 3.8) is 0 Å². The van der Waals surface area contributed by atoms with E-state index in [1.54, 1.807) is 12.1 Å². The van der Waals surface area contributed by atoms with Crippen molar-refractivity contribution in [1.82, 2.24) is 10.6 Å². The largest absolute Gasteiger partial charge is 0.375 e. The summed E-state index contributed by atoms with van der Waals surface area (Å²) in [6.07, 6.45) is 1.94. The predicted octanol–water partition coefficient (Wildman–Crippen LogP) is 2.84. The number of carbonyl (C=O) groups is 2. The minimum atomic E-state index is -0.102. The minimum Gasteiger partial charge on any atom is -0.375 e. The number of hydrogen-bond donors (Lipinski definition) is 2. The molecule has 26 heavy (non-hydrogen) atoms. The molecule has 2 amide bonds. The lowest BCUT2D eigenvalue weighted by molar-refractivity contribution is -0.121. The van der Waals surface area contributed by atoms with Gasteiger partial charge in [0, 0.05) is 44.4 Å². The monoisotopic (exact) mass is 353 g/mol. The predicted molar refractivity (Wildman–Crippen MR) is 105 cm³/mol. The van der Waals surface area contributed by atoms with Crippen molar-refractivity contribution in [2.45, 2.75) is 19.3 Å². The highest BCUT2D eigenvalue weighted by Crippen LogP contribution is 2.10. The van der Waals surface area contributed by atoms with Crippen LogP contribution in [0.4, 0.5) is 5.69 Å². The fourth-order valence-corrected chi connectivity index (χ4v) is 2.59. The van der Waals surface area contributed by atoms with Crippen LogP contribution in [-0.2, 0) is 4.79 Å². The number of carbonyl (C=O) groups excluding carboxylic acids is 2. The fourth-order valence-electron chi connectivity index (χ4n) is 2.59. The SMILES string of the molecule is CN(CCCNC(=O)CCCNC(=O)c1ccccc1)c1ccccc1. The van der Waals surface area contributed by atoms with Gasteiger partial charge in [0.1, 0.15) is 0 Å². The Morgan fingerprint density at radius 1 is 0.846 bits per heavy atom. The summed E-state index contributed by atoms with van der Waals surface area (Å²) in [5.74, 6) is -0.0729. The molecule has 2 aromatic rings. The van der Waals surface area contributed by atoms with E-state index >= 15 is 0 Å². The second-order valence-electron chi connectivity index (χ2n) is 6.19. The first-order chi connectivity index (χ1) is 12.7. The maximum atomic E-state index is 11.9. The molecule has 2 rings (SSSR count). The van der Waals surface area contributed by atoms with Gasteiger partial charge in [-0.3, -0.25) is 9.59 Å². The van der Waals surface area contributed by atoms with Crippen molar-refractivity contribution in [2.75, 3.05) is 31.6 Å². The van der Waals surface area contributed by atoms with Gasteiger partial charge < -0.3 is 15.5 Å². The van der Waals surface area contributed by atoms with Crippen LogP contribution in [-0.4, -0.2) is 38.5 Å². The van der Waals surface area contributed by atoms with Crippen molar-refractivity contribution in [2.24, 2.45) is 0 Å². The highest BCUT2D eigenvalue weighted by molar-refractivity contribution is 5.94. The summed E-state index contributed by atoms with van der Waals surface area (Å²) in [5.41, 5.74) is 1.81. The number of benzene rings is 2. The van der Waals surface area contributed by atoms with Crippen molar-refractivity contribution < 1.29 is 9.59 Å². The molecule has 5 heteroatoms. The Morgan fingerprint density at radius 2 is 1.46 bits per heavy atom. The lowest BCUT2D eigenvalue weighted by Gasteiger charge is -2.19. The van der Waals surface area contributed by atoms with Crippen LogP contribution in [0.25, 0.3) is 0 Å². The van der Waals surface area contributed by atoms with E-state index in [0.29, 0.717) is 31.5 Å². The minimum absolute atomic E-state index is 0.0290. The van der Waals surface area contributed by atoms with Crippen molar-refractivity contribution in [3.05, 3.63) is 66.2 Å². The van der Waals surface area contributed by atoms with E-state index in [0.717, 1.165) is 13.0 Å². The van der Waals surface area contributed by atoms with E-state index in [2.05, 4.69) is 27.7 Å². The van der Waals surface area contributed by atoms with Gasteiger partial charge in [0.15, 0.2) is 0 Å². The van der Waals surface area contributed by atoms with E-state index in [9.17, 15) is 9.59 Å². The summed E-state index contributed by atoms with van der Waals surface area (Å²) in [5, 5.41) is 5.76. The van der Waals surface area contributed by atoms with E-state index in [1.165, 1.54) is 5.69 Å². The molecule has 138 valence electrons. The molecular formula is C21H27N3O2. The molecule has 5 nitrogen and oxygen atoms in total. The Labute approximate surface area is 155 Å². The van der Waals surface area contributed by atoms with Gasteiger partial charge in [-0.25, -0.2) is 0 Å². The molecule has 2 N–H and O–H groups in total. The number of amides is 2. The number of hydrogen-bond acceptors (Lipinski definition) is 3. The molecule has 0 spiro atoms. The van der Waals surface area contributed by atoms with Crippen LogP contribution in [0, 0.1) is 0 Å². The van der Waals surface area contributed by atoms with E-state index in [4.69, 9.17) is 0 Å². The quantitative estimate of drug-likeness (QED) is 0.646. The van der Waals surface area contributed by atoms with Crippen LogP contribution in [0.1, 0.15) is 29.6 Å². The van der Waals surface area contributed by atoms with Gasteiger partial charge in [-0.1, -0.05) is 36.4 Å². The number of nitrogens with one attached hydrogen (secondary N) is 2. The second-order valence-corrected chi connectivity index (χ2v) is 6.19. The van der Waals surface area contributed by atoms with Crippen LogP contribution in [0.15, 0.2) is 60.7 Å². The van der Waals surface area contributed by atoms with Crippen molar-refractivity contribution >= 4 is 17.5 Å². The average molecular weight is 353 g/mol. The summed E-state index contributed by atoms with van der Waals surface area (Å²) in [6.45, 7) is 2.04. The van der Waals surface area contributed by atoms with Gasteiger partial charge in [0.2, 0.25) is 5.91 Å². The first kappa shape index (κ1) is 19.5. The third-order valence-electron chi connectivity index (χ3n) is 4.09. The molecule has 0 unspecified atom stereocenters. The zero-order chi connectivity index (χ0) is 18.6. The van der Waals surface area contributed by atoms with Gasteiger partial charge in [-0.05, 0) is 37.1 Å². The maximum absolute atomic E-state index is 11.9. The van der Waals surface area contributed by atoms with Gasteiger partial charge in [-0.15, -0.1) is 0 Å². The first-order valence-electron chi connectivity index (χ1n) is 9.03. The van der Waals surface area contributed by atoms with Crippen molar-refractivity contribution in [3.8, 4) is 0 Å². The summed E-state index contributed by atoms with van der Waals surface area (Å²) < 4.78 is 0. The van der Waals surface area contributed by atoms with Crippen LogP contribution in [0.3, 0.4) is 0 Å². The Bertz CT molecular complexity index is 674. The van der Waals surface area contributed by atoms with E-state index in [1.807, 2.05) is 43.4 Å². The average Bonchev–Trinajstić information content (AvgIpc) is 2.69. The molecule has 0 aliphatic carbocycles. The summed E-state index contributed by atoms with van der Waals surface area (Å²) in [7, 11) is 2.05. The summed E-state index contributed by atoms with van der Waals surface area (Å²) >= 11 is 0. The smallest absolute Gasteiger partial charge is 0.251 e. The Balaban J connectivity index is 1.52. The van der Waals surface area contributed by atoms with Gasteiger partial charge in [0.05, 0.1) is 0 Å². The first-order valence-corrected chi connectivity index (χ1v) is 9.03. The lowest BCUT2D eigenvalue weighted by Crippen LogP contribution is -2.29.